The number of hydrogen-bond acceptors (Lipinski definition) is 5. The molecule has 0 bridgehead atoms. The molecular formula is C14H14BrNO4S2. The number of pyridine rings is 1. The van der Waals surface area contributed by atoms with Crippen molar-refractivity contribution in [1.29, 1.82) is 0 Å². The molecule has 0 amide bonds. The van der Waals surface area contributed by atoms with Crippen LogP contribution in [0.2, 0.25) is 0 Å². The van der Waals surface area contributed by atoms with Gasteiger partial charge in [0, 0.05) is 17.3 Å². The summed E-state index contributed by atoms with van der Waals surface area (Å²) in [5, 5.41) is 0. The van der Waals surface area contributed by atoms with Gasteiger partial charge in [0.1, 0.15) is 5.75 Å². The minimum atomic E-state index is -3.22. The third-order valence-corrected chi connectivity index (χ3v) is 5.56. The van der Waals surface area contributed by atoms with E-state index in [4.69, 9.17) is 8.92 Å². The smallest absolute Gasteiger partial charge is 0.233 e. The highest BCUT2D eigenvalue weighted by Gasteiger charge is 2.10. The van der Waals surface area contributed by atoms with Crippen LogP contribution in [0.15, 0.2) is 50.8 Å². The molecule has 118 valence electrons. The van der Waals surface area contributed by atoms with E-state index in [-0.39, 0.29) is 4.90 Å². The Bertz CT molecular complexity index is 804. The lowest BCUT2D eigenvalue weighted by atomic mass is 10.3. The summed E-state index contributed by atoms with van der Waals surface area (Å²) in [5.41, 5.74) is 0. The third kappa shape index (κ3) is 4.16. The molecular weight excluding hydrogens is 390 g/mol. The van der Waals surface area contributed by atoms with Crippen molar-refractivity contribution in [3.63, 3.8) is 0 Å². The van der Waals surface area contributed by atoms with Crippen LogP contribution in [0, 0.1) is 0 Å². The van der Waals surface area contributed by atoms with Crippen LogP contribution >= 0.6 is 26.7 Å². The van der Waals surface area contributed by atoms with E-state index in [1.807, 2.05) is 6.07 Å². The van der Waals surface area contributed by atoms with Gasteiger partial charge < -0.3 is 8.92 Å². The van der Waals surface area contributed by atoms with Crippen molar-refractivity contribution >= 4 is 42.4 Å². The summed E-state index contributed by atoms with van der Waals surface area (Å²) in [4.78, 5) is 5.29. The van der Waals surface area contributed by atoms with Gasteiger partial charge in [-0.2, -0.15) is 0 Å². The van der Waals surface area contributed by atoms with Crippen LogP contribution < -0.4 is 4.74 Å². The number of aromatic nitrogens is 1. The second-order valence-electron chi connectivity index (χ2n) is 4.32. The highest BCUT2D eigenvalue weighted by molar-refractivity contribution is 9.10. The molecule has 0 saturated carbocycles. The molecule has 0 N–H and O–H groups in total. The predicted octanol–water partition coefficient (Wildman–Crippen LogP) is 3.66. The van der Waals surface area contributed by atoms with E-state index >= 15 is 0 Å². The number of nitrogens with zero attached hydrogens (tertiary/aromatic N) is 1. The summed E-state index contributed by atoms with van der Waals surface area (Å²) in [6, 6.07) is 7.97. The van der Waals surface area contributed by atoms with Gasteiger partial charge in [-0.05, 0) is 62.9 Å². The average molecular weight is 404 g/mol. The molecule has 1 heterocycles. The molecule has 1 aromatic heterocycles. The van der Waals surface area contributed by atoms with E-state index in [9.17, 15) is 8.42 Å². The van der Waals surface area contributed by atoms with Crippen LogP contribution in [0.5, 0.6) is 11.6 Å². The number of rotatable bonds is 5. The van der Waals surface area contributed by atoms with Crippen molar-refractivity contribution in [2.75, 3.05) is 13.4 Å². The van der Waals surface area contributed by atoms with Gasteiger partial charge in [-0.15, -0.1) is 0 Å². The van der Waals surface area contributed by atoms with Crippen LogP contribution in [-0.2, 0) is 14.0 Å². The number of benzene rings is 1. The van der Waals surface area contributed by atoms with E-state index in [0.717, 1.165) is 11.2 Å². The van der Waals surface area contributed by atoms with Gasteiger partial charge in [0.2, 0.25) is 5.88 Å². The van der Waals surface area contributed by atoms with Crippen LogP contribution in [0.4, 0.5) is 0 Å². The Hall–Kier alpha value is -1.22. The number of halogens is 1. The highest BCUT2D eigenvalue weighted by atomic mass is 79.9. The molecule has 0 aliphatic carbocycles. The molecule has 0 aliphatic heterocycles. The first-order valence-electron chi connectivity index (χ1n) is 6.03. The van der Waals surface area contributed by atoms with Crippen LogP contribution in [0.25, 0.3) is 0 Å². The number of ether oxygens (including phenoxy) is 1. The molecule has 0 radical (unpaired) electrons. The third-order valence-electron chi connectivity index (χ3n) is 2.71. The fourth-order valence-electron chi connectivity index (χ4n) is 1.57. The maximum atomic E-state index is 11.4. The molecule has 8 heteroatoms. The fraction of sp³-hybridized carbons (Fsp3) is 0.143. The lowest BCUT2D eigenvalue weighted by Gasteiger charge is -2.09. The van der Waals surface area contributed by atoms with Gasteiger partial charge in [0.05, 0.1) is 16.5 Å². The maximum absolute atomic E-state index is 11.4. The van der Waals surface area contributed by atoms with Crippen molar-refractivity contribution in [3.8, 4) is 11.6 Å². The van der Waals surface area contributed by atoms with E-state index in [2.05, 4.69) is 26.8 Å². The number of hydrogen-bond donors (Lipinski definition) is 0. The van der Waals surface area contributed by atoms with Crippen molar-refractivity contribution in [2.24, 2.45) is 0 Å². The summed E-state index contributed by atoms with van der Waals surface area (Å²) in [5.74, 6) is 4.73. The Morgan fingerprint density at radius 1 is 1.27 bits per heavy atom. The first kappa shape index (κ1) is 17.1. The van der Waals surface area contributed by atoms with Gasteiger partial charge in [-0.25, -0.2) is 13.4 Å². The summed E-state index contributed by atoms with van der Waals surface area (Å²) in [6.45, 7) is 0. The molecule has 0 saturated heterocycles. The lowest BCUT2D eigenvalue weighted by molar-refractivity contribution is 0.457. The second-order valence-corrected chi connectivity index (χ2v) is 8.68. The Morgan fingerprint density at radius 2 is 1.91 bits per heavy atom. The van der Waals surface area contributed by atoms with Crippen LogP contribution in [0.1, 0.15) is 0 Å². The Kier molecular flexibility index (Phi) is 5.38. The molecule has 0 aliphatic rings. The molecule has 1 aromatic carbocycles. The zero-order valence-electron chi connectivity index (χ0n) is 11.9. The SMILES string of the molecule is C=S(OC)c1cnc(Oc2ccc(S(C)(=O)=O)cc2)c(Br)c1. The standard InChI is InChI=1S/C14H14BrNO4S2/c1-19-21(2)11-8-13(15)14(16-9-11)20-10-4-6-12(7-5-10)22(3,17)18/h4-9H,2H2,1,3H3. The fourth-order valence-corrected chi connectivity index (χ4v) is 3.39. The molecule has 1 atom stereocenters. The maximum Gasteiger partial charge on any atom is 0.233 e. The average Bonchev–Trinajstić information content (AvgIpc) is 2.48. The van der Waals surface area contributed by atoms with Crippen LogP contribution in [-0.4, -0.2) is 32.6 Å². The van der Waals surface area contributed by atoms with Gasteiger partial charge >= 0.3 is 0 Å². The first-order valence-corrected chi connectivity index (χ1v) is 10.0. The monoisotopic (exact) mass is 403 g/mol. The van der Waals surface area contributed by atoms with Crippen molar-refractivity contribution in [3.05, 3.63) is 41.0 Å². The molecule has 5 nitrogen and oxygen atoms in total. The van der Waals surface area contributed by atoms with Crippen molar-refractivity contribution in [1.82, 2.24) is 4.98 Å². The molecule has 2 rings (SSSR count). The Labute approximate surface area is 140 Å². The van der Waals surface area contributed by atoms with Crippen LogP contribution in [0.3, 0.4) is 0 Å². The Balaban J connectivity index is 2.22. The van der Waals surface area contributed by atoms with E-state index < -0.39 is 20.6 Å². The summed E-state index contributed by atoms with van der Waals surface area (Å²) < 4.78 is 34.3. The number of sulfone groups is 1. The van der Waals surface area contributed by atoms with E-state index in [1.54, 1.807) is 25.4 Å². The normalized spacial score (nSPS) is 12.9. The largest absolute Gasteiger partial charge is 0.438 e. The van der Waals surface area contributed by atoms with Crippen molar-refractivity contribution in [2.45, 2.75) is 9.79 Å². The first-order chi connectivity index (χ1) is 10.3. The van der Waals surface area contributed by atoms with E-state index in [1.165, 1.54) is 12.1 Å². The molecule has 22 heavy (non-hydrogen) atoms. The predicted molar refractivity (Wildman–Crippen MR) is 91.5 cm³/mol. The minimum Gasteiger partial charge on any atom is -0.438 e. The summed E-state index contributed by atoms with van der Waals surface area (Å²) in [6.07, 6.45) is 2.79. The topological polar surface area (TPSA) is 65.5 Å². The van der Waals surface area contributed by atoms with Gasteiger partial charge in [-0.1, -0.05) is 0 Å². The zero-order chi connectivity index (χ0) is 16.3. The molecule has 0 fully saturated rings. The zero-order valence-corrected chi connectivity index (χ0v) is 15.2. The van der Waals surface area contributed by atoms with Crippen molar-refractivity contribution < 1.29 is 17.3 Å². The van der Waals surface area contributed by atoms with Gasteiger partial charge in [0.25, 0.3) is 0 Å². The van der Waals surface area contributed by atoms with Gasteiger partial charge in [-0.3, -0.25) is 0 Å². The van der Waals surface area contributed by atoms with E-state index in [0.29, 0.717) is 16.1 Å². The highest BCUT2D eigenvalue weighted by Crippen LogP contribution is 2.33. The minimum absolute atomic E-state index is 0.239. The molecule has 1 unspecified atom stereocenters. The second kappa shape index (κ2) is 6.91. The quantitative estimate of drug-likeness (QED) is 0.712. The lowest BCUT2D eigenvalue weighted by Crippen LogP contribution is -1.96. The molecule has 2 aromatic rings. The Morgan fingerprint density at radius 3 is 2.41 bits per heavy atom. The molecule has 0 spiro atoms. The summed E-state index contributed by atoms with van der Waals surface area (Å²) >= 11 is 3.39. The summed E-state index contributed by atoms with van der Waals surface area (Å²) in [7, 11) is -2.22. The van der Waals surface area contributed by atoms with Gasteiger partial charge in [0.15, 0.2) is 9.84 Å².